The summed E-state index contributed by atoms with van der Waals surface area (Å²) in [4.78, 5) is 30.7. The average molecular weight is 498 g/mol. The Labute approximate surface area is 209 Å². The SMILES string of the molecule is CCC(Sc1cccc(NC(=O)CC(C)(C)C)c1)C(=O)Nc1nc(-c2ccc(OC)cc2)cs1. The summed E-state index contributed by atoms with van der Waals surface area (Å²) in [7, 11) is 1.63. The van der Waals surface area contributed by atoms with E-state index in [1.807, 2.05) is 81.6 Å². The number of hydrogen-bond donors (Lipinski definition) is 2. The molecule has 2 aromatic carbocycles. The summed E-state index contributed by atoms with van der Waals surface area (Å²) in [5, 5.41) is 8.12. The number of benzene rings is 2. The van der Waals surface area contributed by atoms with Gasteiger partial charge in [-0.1, -0.05) is 33.8 Å². The third-order valence-corrected chi connectivity index (χ3v) is 6.99. The van der Waals surface area contributed by atoms with Gasteiger partial charge in [-0.2, -0.15) is 0 Å². The fraction of sp³-hybridized carbons (Fsp3) is 0.346. The quantitative estimate of drug-likeness (QED) is 0.321. The topological polar surface area (TPSA) is 80.3 Å². The summed E-state index contributed by atoms with van der Waals surface area (Å²) < 4.78 is 5.20. The number of rotatable bonds is 9. The predicted molar refractivity (Wildman–Crippen MR) is 142 cm³/mol. The Morgan fingerprint density at radius 1 is 1.12 bits per heavy atom. The minimum atomic E-state index is -0.283. The average Bonchev–Trinajstić information content (AvgIpc) is 3.24. The molecule has 0 saturated carbocycles. The number of ether oxygens (including phenoxy) is 1. The van der Waals surface area contributed by atoms with E-state index in [-0.39, 0.29) is 22.5 Å². The van der Waals surface area contributed by atoms with Crippen molar-refractivity contribution < 1.29 is 14.3 Å². The molecule has 0 aliphatic heterocycles. The first-order chi connectivity index (χ1) is 16.2. The van der Waals surface area contributed by atoms with Crippen molar-refractivity contribution in [3.8, 4) is 17.0 Å². The molecule has 2 amide bonds. The van der Waals surface area contributed by atoms with E-state index in [0.29, 0.717) is 18.0 Å². The smallest absolute Gasteiger partial charge is 0.239 e. The molecule has 180 valence electrons. The largest absolute Gasteiger partial charge is 0.497 e. The highest BCUT2D eigenvalue weighted by atomic mass is 32.2. The third kappa shape index (κ3) is 7.60. The summed E-state index contributed by atoms with van der Waals surface area (Å²) in [6, 6.07) is 15.3. The Morgan fingerprint density at radius 2 is 1.85 bits per heavy atom. The molecule has 2 N–H and O–H groups in total. The number of methoxy groups -OCH3 is 1. The van der Waals surface area contributed by atoms with E-state index in [9.17, 15) is 9.59 Å². The minimum Gasteiger partial charge on any atom is -0.497 e. The Kier molecular flexibility index (Phi) is 8.74. The maximum atomic E-state index is 12.9. The third-order valence-electron chi connectivity index (χ3n) is 4.87. The van der Waals surface area contributed by atoms with Crippen molar-refractivity contribution in [3.05, 3.63) is 53.9 Å². The van der Waals surface area contributed by atoms with Crippen LogP contribution in [0.25, 0.3) is 11.3 Å². The minimum absolute atomic E-state index is 0.0177. The van der Waals surface area contributed by atoms with E-state index >= 15 is 0 Å². The molecular formula is C26H31N3O3S2. The molecule has 0 radical (unpaired) electrons. The molecule has 1 unspecified atom stereocenters. The summed E-state index contributed by atoms with van der Waals surface area (Å²) >= 11 is 2.88. The summed E-state index contributed by atoms with van der Waals surface area (Å²) in [5.74, 6) is 0.675. The number of amides is 2. The first kappa shape index (κ1) is 25.8. The highest BCUT2D eigenvalue weighted by Gasteiger charge is 2.20. The van der Waals surface area contributed by atoms with Crippen LogP contribution >= 0.6 is 23.1 Å². The van der Waals surface area contributed by atoms with Gasteiger partial charge in [-0.15, -0.1) is 23.1 Å². The molecule has 0 aliphatic rings. The monoisotopic (exact) mass is 497 g/mol. The lowest BCUT2D eigenvalue weighted by atomic mass is 9.92. The second-order valence-electron chi connectivity index (χ2n) is 9.08. The predicted octanol–water partition coefficient (Wildman–Crippen LogP) is 6.70. The van der Waals surface area contributed by atoms with E-state index in [1.165, 1.54) is 23.1 Å². The van der Waals surface area contributed by atoms with Crippen molar-refractivity contribution in [2.75, 3.05) is 17.7 Å². The Morgan fingerprint density at radius 3 is 2.50 bits per heavy atom. The van der Waals surface area contributed by atoms with E-state index in [0.717, 1.165) is 27.6 Å². The molecule has 3 aromatic rings. The molecule has 0 aliphatic carbocycles. The van der Waals surface area contributed by atoms with Crippen molar-refractivity contribution in [2.45, 2.75) is 50.7 Å². The van der Waals surface area contributed by atoms with Gasteiger partial charge in [-0.05, 0) is 54.3 Å². The lowest BCUT2D eigenvalue weighted by molar-refractivity contribution is -0.118. The zero-order chi connectivity index (χ0) is 24.7. The highest BCUT2D eigenvalue weighted by molar-refractivity contribution is 8.00. The van der Waals surface area contributed by atoms with Gasteiger partial charge in [0.1, 0.15) is 5.75 Å². The summed E-state index contributed by atoms with van der Waals surface area (Å²) in [6.07, 6.45) is 1.10. The van der Waals surface area contributed by atoms with E-state index in [4.69, 9.17) is 4.74 Å². The number of nitrogens with zero attached hydrogens (tertiary/aromatic N) is 1. The molecule has 6 nitrogen and oxygen atoms in total. The van der Waals surface area contributed by atoms with Crippen LogP contribution in [0.3, 0.4) is 0 Å². The van der Waals surface area contributed by atoms with Crippen LogP contribution in [0.5, 0.6) is 5.75 Å². The van der Waals surface area contributed by atoms with Gasteiger partial charge in [0.2, 0.25) is 11.8 Å². The Bertz CT molecular complexity index is 1120. The van der Waals surface area contributed by atoms with Gasteiger partial charge in [-0.3, -0.25) is 9.59 Å². The highest BCUT2D eigenvalue weighted by Crippen LogP contribution is 2.31. The molecule has 0 fully saturated rings. The van der Waals surface area contributed by atoms with Crippen LogP contribution < -0.4 is 15.4 Å². The van der Waals surface area contributed by atoms with Crippen LogP contribution in [0.4, 0.5) is 10.8 Å². The van der Waals surface area contributed by atoms with Gasteiger partial charge in [-0.25, -0.2) is 4.98 Å². The van der Waals surface area contributed by atoms with Gasteiger partial charge in [0.15, 0.2) is 5.13 Å². The lowest BCUT2D eigenvalue weighted by Crippen LogP contribution is -2.24. The van der Waals surface area contributed by atoms with Crippen molar-refractivity contribution in [1.82, 2.24) is 4.98 Å². The van der Waals surface area contributed by atoms with Gasteiger partial charge in [0.25, 0.3) is 0 Å². The first-order valence-electron chi connectivity index (χ1n) is 11.1. The zero-order valence-electron chi connectivity index (χ0n) is 20.2. The van der Waals surface area contributed by atoms with Crippen molar-refractivity contribution >= 4 is 45.7 Å². The van der Waals surface area contributed by atoms with Crippen LogP contribution in [0.2, 0.25) is 0 Å². The molecule has 1 atom stereocenters. The number of hydrogen-bond acceptors (Lipinski definition) is 6. The van der Waals surface area contributed by atoms with Crippen LogP contribution in [0.1, 0.15) is 40.5 Å². The number of nitrogens with one attached hydrogen (secondary N) is 2. The Hall–Kier alpha value is -2.84. The van der Waals surface area contributed by atoms with E-state index < -0.39 is 0 Å². The molecule has 0 spiro atoms. The number of carbonyl (C=O) groups is 2. The summed E-state index contributed by atoms with van der Waals surface area (Å²) in [6.45, 7) is 8.08. The molecule has 0 saturated heterocycles. The second-order valence-corrected chi connectivity index (χ2v) is 11.2. The molecule has 34 heavy (non-hydrogen) atoms. The number of carbonyl (C=O) groups excluding carboxylic acids is 2. The molecular weight excluding hydrogens is 466 g/mol. The van der Waals surface area contributed by atoms with Gasteiger partial charge in [0.05, 0.1) is 18.1 Å². The summed E-state index contributed by atoms with van der Waals surface area (Å²) in [5.41, 5.74) is 2.43. The van der Waals surface area contributed by atoms with E-state index in [2.05, 4.69) is 15.6 Å². The van der Waals surface area contributed by atoms with Gasteiger partial charge < -0.3 is 15.4 Å². The number of aromatic nitrogens is 1. The fourth-order valence-electron chi connectivity index (χ4n) is 3.23. The normalized spacial score (nSPS) is 12.1. The maximum absolute atomic E-state index is 12.9. The van der Waals surface area contributed by atoms with Gasteiger partial charge >= 0.3 is 0 Å². The van der Waals surface area contributed by atoms with Crippen LogP contribution in [0.15, 0.2) is 58.8 Å². The number of anilines is 2. The van der Waals surface area contributed by atoms with Crippen molar-refractivity contribution in [2.24, 2.45) is 5.41 Å². The van der Waals surface area contributed by atoms with Crippen molar-refractivity contribution in [3.63, 3.8) is 0 Å². The molecule has 3 rings (SSSR count). The van der Waals surface area contributed by atoms with Gasteiger partial charge in [0, 0.05) is 27.9 Å². The first-order valence-corrected chi connectivity index (χ1v) is 12.9. The maximum Gasteiger partial charge on any atom is 0.239 e. The molecule has 8 heteroatoms. The van der Waals surface area contributed by atoms with Crippen molar-refractivity contribution in [1.29, 1.82) is 0 Å². The molecule has 1 aromatic heterocycles. The number of thiazole rings is 1. The number of thioether (sulfide) groups is 1. The second kappa shape index (κ2) is 11.5. The lowest BCUT2D eigenvalue weighted by Gasteiger charge is -2.18. The van der Waals surface area contributed by atoms with Crippen LogP contribution in [-0.2, 0) is 9.59 Å². The van der Waals surface area contributed by atoms with Crippen LogP contribution in [0, 0.1) is 5.41 Å². The van der Waals surface area contributed by atoms with E-state index in [1.54, 1.807) is 7.11 Å². The molecule has 0 bridgehead atoms. The fourth-order valence-corrected chi connectivity index (χ4v) is 4.97. The molecule has 1 heterocycles. The zero-order valence-corrected chi connectivity index (χ0v) is 21.8. The Balaban J connectivity index is 1.62. The van der Waals surface area contributed by atoms with Crippen LogP contribution in [-0.4, -0.2) is 29.2 Å². The standard InChI is InChI=1S/C26H31N3O3S2/c1-6-22(34-20-9-7-8-18(14-20)27-23(30)15-26(2,3)4)24(31)29-25-28-21(16-33-25)17-10-12-19(32-5)13-11-17/h7-14,16,22H,6,15H2,1-5H3,(H,27,30)(H,28,29,31).